The molecule has 1 aromatic heterocycles. The highest BCUT2D eigenvalue weighted by molar-refractivity contribution is 6.03. The van der Waals surface area contributed by atoms with Gasteiger partial charge in [-0.15, -0.1) is 0 Å². The third kappa shape index (κ3) is 1.38. The van der Waals surface area contributed by atoms with Gasteiger partial charge in [-0.2, -0.15) is 0 Å². The molecular formula is C10H10N2O3. The standard InChI is InChI=1S/C10H10N2O3/c1-14-8-6-4-2-3-5-7(6)15-9(8)10(11)12-13/h2-5,13H,1H3,(H2,11,12). The number of benzene rings is 1. The maximum atomic E-state index is 8.58. The molecule has 0 aliphatic rings. The number of oxime groups is 1. The van der Waals surface area contributed by atoms with Crippen molar-refractivity contribution in [3.63, 3.8) is 0 Å². The minimum atomic E-state index is -0.108. The van der Waals surface area contributed by atoms with Crippen LogP contribution in [0, 0.1) is 0 Å². The molecule has 2 aromatic rings. The average Bonchev–Trinajstić information content (AvgIpc) is 2.66. The molecule has 0 saturated carbocycles. The van der Waals surface area contributed by atoms with Crippen molar-refractivity contribution in [3.05, 3.63) is 30.0 Å². The SMILES string of the molecule is COc1c(/C(N)=N/O)oc2ccccc12. The van der Waals surface area contributed by atoms with Gasteiger partial charge in [0.25, 0.3) is 0 Å². The molecule has 0 aliphatic carbocycles. The van der Waals surface area contributed by atoms with Crippen LogP contribution in [0.25, 0.3) is 11.0 Å². The smallest absolute Gasteiger partial charge is 0.215 e. The third-order valence-electron chi connectivity index (χ3n) is 2.09. The summed E-state index contributed by atoms with van der Waals surface area (Å²) in [4.78, 5) is 0. The molecule has 0 unspecified atom stereocenters. The number of furan rings is 1. The van der Waals surface area contributed by atoms with Crippen LogP contribution in [0.1, 0.15) is 5.76 Å². The van der Waals surface area contributed by atoms with Gasteiger partial charge in [-0.25, -0.2) is 0 Å². The van der Waals surface area contributed by atoms with Gasteiger partial charge in [0.15, 0.2) is 5.75 Å². The summed E-state index contributed by atoms with van der Waals surface area (Å²) in [6, 6.07) is 7.32. The summed E-state index contributed by atoms with van der Waals surface area (Å²) in [6.45, 7) is 0. The lowest BCUT2D eigenvalue weighted by Gasteiger charge is -1.98. The van der Waals surface area contributed by atoms with Gasteiger partial charge in [-0.05, 0) is 12.1 Å². The average molecular weight is 206 g/mol. The number of rotatable bonds is 2. The highest BCUT2D eigenvalue weighted by Crippen LogP contribution is 2.32. The first-order valence-corrected chi connectivity index (χ1v) is 4.31. The first kappa shape index (κ1) is 9.39. The summed E-state index contributed by atoms with van der Waals surface area (Å²) in [5, 5.41) is 12.3. The van der Waals surface area contributed by atoms with E-state index in [1.807, 2.05) is 18.2 Å². The van der Waals surface area contributed by atoms with Gasteiger partial charge >= 0.3 is 0 Å². The van der Waals surface area contributed by atoms with Crippen molar-refractivity contribution in [1.82, 2.24) is 0 Å². The molecule has 0 spiro atoms. The van der Waals surface area contributed by atoms with Gasteiger partial charge in [0, 0.05) is 0 Å². The van der Waals surface area contributed by atoms with E-state index in [-0.39, 0.29) is 11.6 Å². The molecule has 0 atom stereocenters. The minimum absolute atomic E-state index is 0.108. The number of methoxy groups -OCH3 is 1. The predicted octanol–water partition coefficient (Wildman–Crippen LogP) is 1.54. The quantitative estimate of drug-likeness (QED) is 0.338. The van der Waals surface area contributed by atoms with Crippen LogP contribution in [0.4, 0.5) is 0 Å². The monoisotopic (exact) mass is 206 g/mol. The number of hydrogen-bond donors (Lipinski definition) is 2. The van der Waals surface area contributed by atoms with Crippen molar-refractivity contribution in [3.8, 4) is 5.75 Å². The lowest BCUT2D eigenvalue weighted by Crippen LogP contribution is -2.12. The Morgan fingerprint density at radius 2 is 2.20 bits per heavy atom. The van der Waals surface area contributed by atoms with Crippen LogP contribution in [0.5, 0.6) is 5.75 Å². The van der Waals surface area contributed by atoms with Gasteiger partial charge < -0.3 is 20.1 Å². The Balaban J connectivity index is 2.75. The zero-order chi connectivity index (χ0) is 10.8. The molecule has 15 heavy (non-hydrogen) atoms. The summed E-state index contributed by atoms with van der Waals surface area (Å²) < 4.78 is 10.6. The highest BCUT2D eigenvalue weighted by Gasteiger charge is 2.17. The molecule has 0 aliphatic heterocycles. The van der Waals surface area contributed by atoms with Gasteiger partial charge in [0.05, 0.1) is 12.5 Å². The van der Waals surface area contributed by atoms with Crippen molar-refractivity contribution in [1.29, 1.82) is 0 Å². The normalized spacial score (nSPS) is 11.9. The summed E-state index contributed by atoms with van der Waals surface area (Å²) in [6.07, 6.45) is 0. The third-order valence-corrected chi connectivity index (χ3v) is 2.09. The largest absolute Gasteiger partial charge is 0.492 e. The topological polar surface area (TPSA) is 81.0 Å². The summed E-state index contributed by atoms with van der Waals surface area (Å²) in [5.41, 5.74) is 6.10. The Bertz CT molecular complexity index is 516. The maximum absolute atomic E-state index is 8.58. The van der Waals surface area contributed by atoms with Crippen LogP contribution in [0.3, 0.4) is 0 Å². The zero-order valence-electron chi connectivity index (χ0n) is 8.10. The summed E-state index contributed by atoms with van der Waals surface area (Å²) in [5.74, 6) is 0.602. The molecule has 0 saturated heterocycles. The van der Waals surface area contributed by atoms with Gasteiger partial charge in [-0.1, -0.05) is 17.3 Å². The first-order chi connectivity index (χ1) is 7.27. The van der Waals surface area contributed by atoms with E-state index >= 15 is 0 Å². The van der Waals surface area contributed by atoms with Crippen LogP contribution < -0.4 is 10.5 Å². The predicted molar refractivity (Wildman–Crippen MR) is 55.3 cm³/mol. The van der Waals surface area contributed by atoms with Crippen LogP contribution in [0.15, 0.2) is 33.8 Å². The van der Waals surface area contributed by atoms with E-state index < -0.39 is 0 Å². The van der Waals surface area contributed by atoms with Crippen molar-refractivity contribution in [2.75, 3.05) is 7.11 Å². The number of nitrogens with zero attached hydrogens (tertiary/aromatic N) is 1. The fourth-order valence-corrected chi connectivity index (χ4v) is 1.44. The second kappa shape index (κ2) is 3.53. The van der Waals surface area contributed by atoms with Crippen LogP contribution in [-0.2, 0) is 0 Å². The molecule has 0 fully saturated rings. The molecule has 0 bridgehead atoms. The lowest BCUT2D eigenvalue weighted by molar-refractivity contribution is 0.316. The Labute approximate surface area is 85.7 Å². The lowest BCUT2D eigenvalue weighted by atomic mass is 10.2. The second-order valence-electron chi connectivity index (χ2n) is 2.95. The number of amidine groups is 1. The molecule has 0 amide bonds. The molecule has 2 rings (SSSR count). The van der Waals surface area contributed by atoms with E-state index in [4.69, 9.17) is 20.1 Å². The van der Waals surface area contributed by atoms with E-state index in [1.165, 1.54) is 7.11 Å². The summed E-state index contributed by atoms with van der Waals surface area (Å²) in [7, 11) is 1.51. The molecular weight excluding hydrogens is 196 g/mol. The summed E-state index contributed by atoms with van der Waals surface area (Å²) >= 11 is 0. The molecule has 0 radical (unpaired) electrons. The van der Waals surface area contributed by atoms with Crippen LogP contribution in [-0.4, -0.2) is 18.2 Å². The fourth-order valence-electron chi connectivity index (χ4n) is 1.44. The number of ether oxygens (including phenoxy) is 1. The van der Waals surface area contributed by atoms with Gasteiger partial charge in [0.2, 0.25) is 11.6 Å². The maximum Gasteiger partial charge on any atom is 0.215 e. The molecule has 1 aromatic carbocycles. The van der Waals surface area contributed by atoms with Crippen molar-refractivity contribution in [2.24, 2.45) is 10.9 Å². The van der Waals surface area contributed by atoms with Crippen LogP contribution >= 0.6 is 0 Å². The molecule has 5 nitrogen and oxygen atoms in total. The molecule has 3 N–H and O–H groups in total. The van der Waals surface area contributed by atoms with E-state index in [0.717, 1.165) is 5.39 Å². The van der Waals surface area contributed by atoms with Gasteiger partial charge in [0.1, 0.15) is 5.58 Å². The number of hydrogen-bond acceptors (Lipinski definition) is 4. The van der Waals surface area contributed by atoms with Crippen molar-refractivity contribution >= 4 is 16.8 Å². The minimum Gasteiger partial charge on any atom is -0.492 e. The highest BCUT2D eigenvalue weighted by atomic mass is 16.5. The Hall–Kier alpha value is -2.17. The first-order valence-electron chi connectivity index (χ1n) is 4.31. The van der Waals surface area contributed by atoms with Crippen molar-refractivity contribution in [2.45, 2.75) is 0 Å². The zero-order valence-corrected chi connectivity index (χ0v) is 8.10. The van der Waals surface area contributed by atoms with Gasteiger partial charge in [-0.3, -0.25) is 0 Å². The van der Waals surface area contributed by atoms with E-state index in [2.05, 4.69) is 5.16 Å². The van der Waals surface area contributed by atoms with E-state index in [1.54, 1.807) is 6.07 Å². The van der Waals surface area contributed by atoms with Crippen LogP contribution in [0.2, 0.25) is 0 Å². The molecule has 78 valence electrons. The van der Waals surface area contributed by atoms with E-state index in [9.17, 15) is 0 Å². The second-order valence-corrected chi connectivity index (χ2v) is 2.95. The molecule has 1 heterocycles. The number of para-hydroxylation sites is 1. The number of nitrogens with two attached hydrogens (primary N) is 1. The fraction of sp³-hybridized carbons (Fsp3) is 0.100. The number of fused-ring (bicyclic) bond motifs is 1. The Morgan fingerprint density at radius 1 is 1.47 bits per heavy atom. The Kier molecular flexibility index (Phi) is 2.21. The van der Waals surface area contributed by atoms with E-state index in [0.29, 0.717) is 11.3 Å². The Morgan fingerprint density at radius 3 is 2.87 bits per heavy atom. The molecule has 5 heteroatoms. The van der Waals surface area contributed by atoms with Crippen molar-refractivity contribution < 1.29 is 14.4 Å².